The minimum atomic E-state index is 0.433. The molecule has 1 unspecified atom stereocenters. The maximum absolute atomic E-state index is 5.78. The van der Waals surface area contributed by atoms with Crippen molar-refractivity contribution < 1.29 is 4.74 Å². The van der Waals surface area contributed by atoms with Crippen LogP contribution < -0.4 is 10.1 Å². The average Bonchev–Trinajstić information content (AvgIpc) is 2.29. The minimum absolute atomic E-state index is 0.433. The summed E-state index contributed by atoms with van der Waals surface area (Å²) in [6.07, 6.45) is 4.02. The standard InChI is InChI=1S/C15H22BrNO/c1-3-17-15(11-6-5-7-11)13-10-12(16)8-9-14(13)18-4-2/h8-11,15,17H,3-7H2,1-2H3. The van der Waals surface area contributed by atoms with Crippen molar-refractivity contribution in [1.29, 1.82) is 0 Å². The van der Waals surface area contributed by atoms with Gasteiger partial charge >= 0.3 is 0 Å². The highest BCUT2D eigenvalue weighted by atomic mass is 79.9. The summed E-state index contributed by atoms with van der Waals surface area (Å²) >= 11 is 3.57. The zero-order valence-corrected chi connectivity index (χ0v) is 12.8. The van der Waals surface area contributed by atoms with E-state index < -0.39 is 0 Å². The van der Waals surface area contributed by atoms with Gasteiger partial charge in [-0.3, -0.25) is 0 Å². The van der Waals surface area contributed by atoms with Crippen LogP contribution in [0.25, 0.3) is 0 Å². The van der Waals surface area contributed by atoms with Gasteiger partial charge in [0.25, 0.3) is 0 Å². The van der Waals surface area contributed by atoms with Crippen LogP contribution in [-0.2, 0) is 0 Å². The third-order valence-corrected chi connectivity index (χ3v) is 4.15. The fourth-order valence-corrected chi connectivity index (χ4v) is 2.95. The molecule has 2 rings (SSSR count). The largest absolute Gasteiger partial charge is 0.494 e. The van der Waals surface area contributed by atoms with E-state index in [2.05, 4.69) is 46.4 Å². The number of ether oxygens (including phenoxy) is 1. The van der Waals surface area contributed by atoms with Crippen LogP contribution in [-0.4, -0.2) is 13.2 Å². The summed E-state index contributed by atoms with van der Waals surface area (Å²) in [7, 11) is 0. The summed E-state index contributed by atoms with van der Waals surface area (Å²) in [5.74, 6) is 1.79. The van der Waals surface area contributed by atoms with Crippen molar-refractivity contribution >= 4 is 15.9 Å². The quantitative estimate of drug-likeness (QED) is 0.845. The van der Waals surface area contributed by atoms with Crippen molar-refractivity contribution in [2.45, 2.75) is 39.2 Å². The first-order valence-electron chi connectivity index (χ1n) is 6.91. The van der Waals surface area contributed by atoms with E-state index >= 15 is 0 Å². The SMILES string of the molecule is CCNC(c1cc(Br)ccc1OCC)C1CCC1. The molecule has 3 heteroatoms. The Morgan fingerprint density at radius 3 is 2.72 bits per heavy atom. The zero-order valence-electron chi connectivity index (χ0n) is 11.2. The molecule has 1 aromatic carbocycles. The second kappa shape index (κ2) is 6.58. The highest BCUT2D eigenvalue weighted by Crippen LogP contribution is 2.41. The molecule has 0 spiro atoms. The molecule has 1 aliphatic rings. The number of benzene rings is 1. The lowest BCUT2D eigenvalue weighted by Crippen LogP contribution is -2.32. The summed E-state index contributed by atoms with van der Waals surface area (Å²) < 4.78 is 6.91. The van der Waals surface area contributed by atoms with Crippen LogP contribution in [0.5, 0.6) is 5.75 Å². The fourth-order valence-electron chi connectivity index (χ4n) is 2.57. The van der Waals surface area contributed by atoms with E-state index in [0.717, 1.165) is 29.3 Å². The molecule has 0 amide bonds. The smallest absolute Gasteiger partial charge is 0.124 e. The van der Waals surface area contributed by atoms with Crippen LogP contribution in [0.1, 0.15) is 44.7 Å². The molecular formula is C15H22BrNO. The van der Waals surface area contributed by atoms with Gasteiger partial charge in [0.1, 0.15) is 5.75 Å². The third-order valence-electron chi connectivity index (χ3n) is 3.65. The normalized spacial score (nSPS) is 17.3. The van der Waals surface area contributed by atoms with Gasteiger partial charge in [0, 0.05) is 16.1 Å². The van der Waals surface area contributed by atoms with Gasteiger partial charge in [-0.25, -0.2) is 0 Å². The molecule has 0 heterocycles. The lowest BCUT2D eigenvalue weighted by molar-refractivity contribution is 0.226. The van der Waals surface area contributed by atoms with E-state index in [9.17, 15) is 0 Å². The molecule has 2 nitrogen and oxygen atoms in total. The van der Waals surface area contributed by atoms with Crippen LogP contribution in [0.3, 0.4) is 0 Å². The van der Waals surface area contributed by atoms with Crippen molar-refractivity contribution in [1.82, 2.24) is 5.32 Å². The summed E-state index contributed by atoms with van der Waals surface area (Å²) in [5, 5.41) is 3.63. The van der Waals surface area contributed by atoms with Crippen molar-refractivity contribution in [3.05, 3.63) is 28.2 Å². The molecule has 18 heavy (non-hydrogen) atoms. The van der Waals surface area contributed by atoms with Gasteiger partial charge in [0.15, 0.2) is 0 Å². The van der Waals surface area contributed by atoms with Gasteiger partial charge in [-0.1, -0.05) is 29.3 Å². The van der Waals surface area contributed by atoms with E-state index in [4.69, 9.17) is 4.74 Å². The van der Waals surface area contributed by atoms with E-state index in [1.807, 2.05) is 6.92 Å². The summed E-state index contributed by atoms with van der Waals surface area (Å²) in [6, 6.07) is 6.77. The first-order valence-corrected chi connectivity index (χ1v) is 7.71. The number of hydrogen-bond acceptors (Lipinski definition) is 2. The zero-order chi connectivity index (χ0) is 13.0. The molecule has 100 valence electrons. The Labute approximate surface area is 118 Å². The minimum Gasteiger partial charge on any atom is -0.494 e. The molecule has 1 aliphatic carbocycles. The van der Waals surface area contributed by atoms with Gasteiger partial charge in [-0.05, 0) is 50.4 Å². The van der Waals surface area contributed by atoms with Crippen LogP contribution >= 0.6 is 15.9 Å². The highest BCUT2D eigenvalue weighted by molar-refractivity contribution is 9.10. The van der Waals surface area contributed by atoms with Crippen molar-refractivity contribution in [3.8, 4) is 5.75 Å². The second-order valence-electron chi connectivity index (χ2n) is 4.84. The first kappa shape index (κ1) is 13.9. The molecule has 1 aromatic rings. The molecule has 1 atom stereocenters. The second-order valence-corrected chi connectivity index (χ2v) is 5.76. The van der Waals surface area contributed by atoms with Crippen LogP contribution in [0.15, 0.2) is 22.7 Å². The monoisotopic (exact) mass is 311 g/mol. The number of hydrogen-bond donors (Lipinski definition) is 1. The lowest BCUT2D eigenvalue weighted by Gasteiger charge is -2.35. The van der Waals surface area contributed by atoms with Gasteiger partial charge < -0.3 is 10.1 Å². The van der Waals surface area contributed by atoms with Gasteiger partial charge in [0.05, 0.1) is 6.61 Å². The molecule has 1 saturated carbocycles. The highest BCUT2D eigenvalue weighted by Gasteiger charge is 2.29. The number of rotatable bonds is 6. The van der Waals surface area contributed by atoms with E-state index in [1.165, 1.54) is 24.8 Å². The van der Waals surface area contributed by atoms with Crippen LogP contribution in [0.4, 0.5) is 0 Å². The summed E-state index contributed by atoms with van der Waals surface area (Å²) in [6.45, 7) is 5.93. The predicted octanol–water partition coefficient (Wildman–Crippen LogP) is 4.30. The molecule has 0 saturated heterocycles. The Balaban J connectivity index is 2.28. The Kier molecular flexibility index (Phi) is 5.07. The Bertz CT molecular complexity index is 390. The van der Waals surface area contributed by atoms with Gasteiger partial charge in [-0.15, -0.1) is 0 Å². The summed E-state index contributed by atoms with van der Waals surface area (Å²) in [5.41, 5.74) is 1.30. The molecule has 1 N–H and O–H groups in total. The lowest BCUT2D eigenvalue weighted by atomic mass is 9.77. The molecule has 0 aromatic heterocycles. The van der Waals surface area contributed by atoms with Crippen molar-refractivity contribution in [3.63, 3.8) is 0 Å². The predicted molar refractivity (Wildman–Crippen MR) is 79.1 cm³/mol. The number of halogens is 1. The third kappa shape index (κ3) is 3.07. The number of nitrogens with one attached hydrogen (secondary N) is 1. The maximum atomic E-state index is 5.78. The average molecular weight is 312 g/mol. The molecule has 0 aliphatic heterocycles. The van der Waals surface area contributed by atoms with E-state index in [-0.39, 0.29) is 0 Å². The molecular weight excluding hydrogens is 290 g/mol. The molecule has 1 fully saturated rings. The summed E-state index contributed by atoms with van der Waals surface area (Å²) in [4.78, 5) is 0. The van der Waals surface area contributed by atoms with Gasteiger partial charge in [-0.2, -0.15) is 0 Å². The van der Waals surface area contributed by atoms with E-state index in [0.29, 0.717) is 6.04 Å². The Morgan fingerprint density at radius 2 is 2.17 bits per heavy atom. The van der Waals surface area contributed by atoms with Crippen LogP contribution in [0, 0.1) is 5.92 Å². The molecule has 0 radical (unpaired) electrons. The Hall–Kier alpha value is -0.540. The van der Waals surface area contributed by atoms with Crippen LogP contribution in [0.2, 0.25) is 0 Å². The Morgan fingerprint density at radius 1 is 1.39 bits per heavy atom. The van der Waals surface area contributed by atoms with Crippen molar-refractivity contribution in [2.75, 3.05) is 13.2 Å². The topological polar surface area (TPSA) is 21.3 Å². The fraction of sp³-hybridized carbons (Fsp3) is 0.600. The van der Waals surface area contributed by atoms with Gasteiger partial charge in [0.2, 0.25) is 0 Å². The van der Waals surface area contributed by atoms with E-state index in [1.54, 1.807) is 0 Å². The van der Waals surface area contributed by atoms with Crippen molar-refractivity contribution in [2.24, 2.45) is 5.92 Å². The molecule has 0 bridgehead atoms. The first-order chi connectivity index (χ1) is 8.76. The maximum Gasteiger partial charge on any atom is 0.124 e.